The number of likely N-dealkylation sites (tertiary alicyclic amines) is 1. The Morgan fingerprint density at radius 1 is 0.950 bits per heavy atom. The summed E-state index contributed by atoms with van der Waals surface area (Å²) in [7, 11) is 0. The van der Waals surface area contributed by atoms with E-state index in [-0.39, 0.29) is 29.9 Å². The van der Waals surface area contributed by atoms with E-state index in [2.05, 4.69) is 44.4 Å². The van der Waals surface area contributed by atoms with Crippen LogP contribution in [-0.2, 0) is 20.9 Å². The van der Waals surface area contributed by atoms with Gasteiger partial charge in [-0.1, -0.05) is 42.5 Å². The minimum Gasteiger partial charge on any atom is -0.445 e. The molecule has 0 saturated carbocycles. The van der Waals surface area contributed by atoms with Gasteiger partial charge in [-0.05, 0) is 49.4 Å². The largest absolute Gasteiger partial charge is 0.445 e. The van der Waals surface area contributed by atoms with Crippen LogP contribution in [0.1, 0.15) is 49.7 Å². The minimum atomic E-state index is -0.334. The van der Waals surface area contributed by atoms with E-state index in [1.165, 1.54) is 5.69 Å². The Hall–Kier alpha value is -3.43. The lowest BCUT2D eigenvalue weighted by atomic mass is 9.90. The van der Waals surface area contributed by atoms with Crippen LogP contribution >= 0.6 is 0 Å². The number of piperidine rings is 2. The number of amides is 3. The molecule has 3 aliphatic rings. The van der Waals surface area contributed by atoms with Gasteiger partial charge in [0.2, 0.25) is 11.8 Å². The molecule has 0 radical (unpaired) electrons. The number of carbonyl (C=O) groups excluding carboxylic acids is 3. The lowest BCUT2D eigenvalue weighted by molar-refractivity contribution is -0.134. The third kappa shape index (κ3) is 7.40. The van der Waals surface area contributed by atoms with Gasteiger partial charge in [-0.15, -0.1) is 0 Å². The summed E-state index contributed by atoms with van der Waals surface area (Å²) in [6.07, 6.45) is 2.52. The van der Waals surface area contributed by atoms with Crippen LogP contribution in [0.2, 0.25) is 0 Å². The van der Waals surface area contributed by atoms with Crippen LogP contribution in [0.5, 0.6) is 0 Å². The van der Waals surface area contributed by atoms with Gasteiger partial charge in [0.05, 0.1) is 5.92 Å². The van der Waals surface area contributed by atoms with Gasteiger partial charge < -0.3 is 15.0 Å². The van der Waals surface area contributed by atoms with Crippen LogP contribution in [0, 0.1) is 0 Å². The summed E-state index contributed by atoms with van der Waals surface area (Å²) in [6.45, 7) is 9.58. The van der Waals surface area contributed by atoms with Crippen LogP contribution in [0.3, 0.4) is 0 Å². The van der Waals surface area contributed by atoms with Crippen LogP contribution in [0.4, 0.5) is 10.5 Å². The second-order valence-corrected chi connectivity index (χ2v) is 11.2. The molecule has 2 unspecified atom stereocenters. The standard InChI is InChI=1S/C31H41N5O4/c1-23(35-15-13-26(14-16-35)32-31(39)40-22-24-5-3-2-4-6-24)21-34-17-19-36(20-18-34)27-9-7-25(8-10-27)28-11-12-29(37)33-30(28)38/h2-10,23,26,28H,11-22H2,1H3,(H,32,39)(H,33,37,38). The van der Waals surface area contributed by atoms with Crippen molar-refractivity contribution in [2.75, 3.05) is 50.7 Å². The third-order valence-electron chi connectivity index (χ3n) is 8.48. The molecule has 3 saturated heterocycles. The van der Waals surface area contributed by atoms with Crippen molar-refractivity contribution in [3.8, 4) is 0 Å². The monoisotopic (exact) mass is 547 g/mol. The van der Waals surface area contributed by atoms with Crippen molar-refractivity contribution in [1.82, 2.24) is 20.4 Å². The van der Waals surface area contributed by atoms with Gasteiger partial charge in [0.25, 0.3) is 0 Å². The SMILES string of the molecule is CC(CN1CCN(c2ccc(C3CCC(=O)NC3=O)cc2)CC1)N1CCC(NC(=O)OCc2ccccc2)CC1. The summed E-state index contributed by atoms with van der Waals surface area (Å²) in [5.41, 5.74) is 3.15. The maximum atomic E-state index is 12.2. The molecule has 2 aromatic carbocycles. The van der Waals surface area contributed by atoms with Gasteiger partial charge >= 0.3 is 6.09 Å². The predicted molar refractivity (Wildman–Crippen MR) is 154 cm³/mol. The first kappa shape index (κ1) is 28.1. The molecule has 3 fully saturated rings. The number of imide groups is 1. The molecule has 0 spiro atoms. The highest BCUT2D eigenvalue weighted by Gasteiger charge is 2.29. The van der Waals surface area contributed by atoms with Crippen molar-refractivity contribution in [2.45, 2.75) is 57.2 Å². The number of piperazine rings is 1. The van der Waals surface area contributed by atoms with Gasteiger partial charge in [-0.3, -0.25) is 24.7 Å². The Bertz CT molecular complexity index is 1140. The molecular weight excluding hydrogens is 506 g/mol. The number of carbonyl (C=O) groups is 3. The quantitative estimate of drug-likeness (QED) is 0.491. The number of alkyl carbamates (subject to hydrolysis) is 1. The van der Waals surface area contributed by atoms with E-state index in [9.17, 15) is 14.4 Å². The Kier molecular flexibility index (Phi) is 9.34. The number of anilines is 1. The highest BCUT2D eigenvalue weighted by Crippen LogP contribution is 2.27. The van der Waals surface area contributed by atoms with Crippen LogP contribution in [-0.4, -0.2) is 85.6 Å². The normalized spacial score (nSPS) is 22.0. The second kappa shape index (κ2) is 13.3. The fraction of sp³-hybridized carbons (Fsp3) is 0.516. The van der Waals surface area contributed by atoms with E-state index in [4.69, 9.17) is 4.74 Å². The summed E-state index contributed by atoms with van der Waals surface area (Å²) < 4.78 is 5.39. The average molecular weight is 548 g/mol. The van der Waals surface area contributed by atoms with Crippen molar-refractivity contribution in [2.24, 2.45) is 0 Å². The van der Waals surface area contributed by atoms with E-state index >= 15 is 0 Å². The van der Waals surface area contributed by atoms with Crippen LogP contribution < -0.4 is 15.5 Å². The zero-order chi connectivity index (χ0) is 27.9. The molecule has 3 aliphatic heterocycles. The molecular formula is C31H41N5O4. The topological polar surface area (TPSA) is 94.2 Å². The van der Waals surface area contributed by atoms with Crippen molar-refractivity contribution in [3.05, 3.63) is 65.7 Å². The van der Waals surface area contributed by atoms with Crippen molar-refractivity contribution >= 4 is 23.6 Å². The summed E-state index contributed by atoms with van der Waals surface area (Å²) in [4.78, 5) is 43.3. The van der Waals surface area contributed by atoms with Crippen LogP contribution in [0.15, 0.2) is 54.6 Å². The van der Waals surface area contributed by atoms with E-state index in [1.54, 1.807) is 0 Å². The summed E-state index contributed by atoms with van der Waals surface area (Å²) in [5.74, 6) is -0.601. The van der Waals surface area contributed by atoms with Gasteiger partial charge in [-0.2, -0.15) is 0 Å². The van der Waals surface area contributed by atoms with E-state index in [1.807, 2.05) is 42.5 Å². The second-order valence-electron chi connectivity index (χ2n) is 11.2. The Morgan fingerprint density at radius 2 is 1.65 bits per heavy atom. The molecule has 2 N–H and O–H groups in total. The predicted octanol–water partition coefficient (Wildman–Crippen LogP) is 3.11. The number of nitrogens with one attached hydrogen (secondary N) is 2. The number of ether oxygens (including phenoxy) is 1. The molecule has 0 aromatic heterocycles. The fourth-order valence-corrected chi connectivity index (χ4v) is 6.02. The van der Waals surface area contributed by atoms with E-state index in [0.717, 1.165) is 69.8 Å². The summed E-state index contributed by atoms with van der Waals surface area (Å²) in [5, 5.41) is 5.49. The van der Waals surface area contributed by atoms with E-state index in [0.29, 0.717) is 25.5 Å². The number of hydrogen-bond acceptors (Lipinski definition) is 7. The molecule has 2 atom stereocenters. The van der Waals surface area contributed by atoms with E-state index < -0.39 is 0 Å². The average Bonchev–Trinajstić information content (AvgIpc) is 2.98. The van der Waals surface area contributed by atoms with Crippen molar-refractivity contribution < 1.29 is 19.1 Å². The Morgan fingerprint density at radius 3 is 2.33 bits per heavy atom. The van der Waals surface area contributed by atoms with Crippen LogP contribution in [0.25, 0.3) is 0 Å². The highest BCUT2D eigenvalue weighted by atomic mass is 16.5. The van der Waals surface area contributed by atoms with Gasteiger partial charge in [-0.25, -0.2) is 4.79 Å². The summed E-state index contributed by atoms with van der Waals surface area (Å²) >= 11 is 0. The molecule has 3 amide bonds. The number of hydrogen-bond donors (Lipinski definition) is 2. The Labute approximate surface area is 236 Å². The van der Waals surface area contributed by atoms with Crippen molar-refractivity contribution in [3.63, 3.8) is 0 Å². The molecule has 2 aromatic rings. The highest BCUT2D eigenvalue weighted by molar-refractivity contribution is 6.00. The van der Waals surface area contributed by atoms with Crippen molar-refractivity contribution in [1.29, 1.82) is 0 Å². The first-order valence-corrected chi connectivity index (χ1v) is 14.6. The first-order chi connectivity index (χ1) is 19.4. The molecule has 9 heteroatoms. The fourth-order valence-electron chi connectivity index (χ4n) is 6.02. The number of nitrogens with zero attached hydrogens (tertiary/aromatic N) is 3. The lowest BCUT2D eigenvalue weighted by Gasteiger charge is -2.41. The number of rotatable bonds is 8. The zero-order valence-corrected chi connectivity index (χ0v) is 23.4. The maximum Gasteiger partial charge on any atom is 0.407 e. The van der Waals surface area contributed by atoms with Gasteiger partial charge in [0.1, 0.15) is 6.61 Å². The molecule has 0 aliphatic carbocycles. The molecule has 214 valence electrons. The molecule has 5 rings (SSSR count). The first-order valence-electron chi connectivity index (χ1n) is 14.6. The maximum absolute atomic E-state index is 12.2. The zero-order valence-electron chi connectivity index (χ0n) is 23.4. The number of benzene rings is 2. The minimum absolute atomic E-state index is 0.164. The van der Waals surface area contributed by atoms with Gasteiger partial charge in [0.15, 0.2) is 0 Å². The summed E-state index contributed by atoms with van der Waals surface area (Å²) in [6, 6.07) is 18.6. The molecule has 3 heterocycles. The Balaban J connectivity index is 0.998. The van der Waals surface area contributed by atoms with Gasteiger partial charge in [0, 0.05) is 70.0 Å². The molecule has 40 heavy (non-hydrogen) atoms. The third-order valence-corrected chi connectivity index (χ3v) is 8.48. The molecule has 9 nitrogen and oxygen atoms in total. The lowest BCUT2D eigenvalue weighted by Crippen LogP contribution is -2.53. The smallest absolute Gasteiger partial charge is 0.407 e. The molecule has 0 bridgehead atoms.